The minimum Gasteiger partial charge on any atom is -0.496 e. The number of carbonyl (C=O) groups is 1. The molecule has 146 valence electrons. The fraction of sp³-hybridized carbons (Fsp3) is 0.400. The van der Waals surface area contributed by atoms with E-state index in [0.29, 0.717) is 11.5 Å². The van der Waals surface area contributed by atoms with Crippen molar-refractivity contribution >= 4 is 29.0 Å². The maximum Gasteiger partial charge on any atom is 0.258 e. The number of likely N-dealkylation sites (tertiary alicyclic amines) is 1. The van der Waals surface area contributed by atoms with Gasteiger partial charge in [-0.05, 0) is 30.5 Å². The molecule has 0 aliphatic carbocycles. The summed E-state index contributed by atoms with van der Waals surface area (Å²) in [6, 6.07) is 3.63. The highest BCUT2D eigenvalue weighted by Gasteiger charge is 2.35. The first kappa shape index (κ1) is 18.2. The van der Waals surface area contributed by atoms with E-state index < -0.39 is 0 Å². The lowest BCUT2D eigenvalue weighted by atomic mass is 10.1. The molecule has 3 aliphatic rings. The predicted molar refractivity (Wildman–Crippen MR) is 109 cm³/mol. The number of hydrogen-bond acceptors (Lipinski definition) is 6. The van der Waals surface area contributed by atoms with E-state index in [1.165, 1.54) is 12.6 Å². The fourth-order valence-corrected chi connectivity index (χ4v) is 3.74. The number of aliphatic imine (C=N–C) groups is 1. The highest BCUT2D eigenvalue weighted by molar-refractivity contribution is 6.26. The van der Waals surface area contributed by atoms with Crippen LogP contribution < -0.4 is 10.2 Å². The Labute approximate surface area is 163 Å². The van der Waals surface area contributed by atoms with Crippen molar-refractivity contribution in [1.29, 1.82) is 5.41 Å². The van der Waals surface area contributed by atoms with Crippen LogP contribution in [0.2, 0.25) is 0 Å². The van der Waals surface area contributed by atoms with Gasteiger partial charge < -0.3 is 25.6 Å². The number of nitrogens with one attached hydrogen (secondary N) is 2. The van der Waals surface area contributed by atoms with Crippen molar-refractivity contribution in [1.82, 2.24) is 9.88 Å². The molecule has 8 nitrogen and oxygen atoms in total. The lowest BCUT2D eigenvalue weighted by Gasteiger charge is -2.25. The van der Waals surface area contributed by atoms with Crippen molar-refractivity contribution in [3.05, 3.63) is 42.4 Å². The molecule has 1 amide bonds. The second kappa shape index (κ2) is 7.46. The average Bonchev–Trinajstić information content (AvgIpc) is 3.24. The largest absolute Gasteiger partial charge is 0.496 e. The van der Waals surface area contributed by atoms with Crippen molar-refractivity contribution in [2.24, 2.45) is 10.9 Å². The smallest absolute Gasteiger partial charge is 0.258 e. The first-order chi connectivity index (χ1) is 13.5. The van der Waals surface area contributed by atoms with Crippen LogP contribution in [0.4, 0.5) is 11.5 Å². The van der Waals surface area contributed by atoms with Crippen LogP contribution >= 0.6 is 0 Å². The molecular weight excluding hydrogens is 356 g/mol. The van der Waals surface area contributed by atoms with Gasteiger partial charge in [-0.25, -0.2) is 9.98 Å². The Kier molecular flexibility index (Phi) is 4.85. The van der Waals surface area contributed by atoms with Gasteiger partial charge in [0.1, 0.15) is 5.82 Å². The molecule has 2 atom stereocenters. The lowest BCUT2D eigenvalue weighted by molar-refractivity contribution is -0.125. The number of hydrogen-bond donors (Lipinski definition) is 3. The summed E-state index contributed by atoms with van der Waals surface area (Å²) >= 11 is 0. The molecule has 3 N–H and O–H groups in total. The van der Waals surface area contributed by atoms with Crippen molar-refractivity contribution < 1.29 is 9.90 Å². The van der Waals surface area contributed by atoms with Gasteiger partial charge in [0.15, 0.2) is 5.90 Å². The maximum atomic E-state index is 12.7. The monoisotopic (exact) mass is 380 g/mol. The van der Waals surface area contributed by atoms with Crippen molar-refractivity contribution in [3.63, 3.8) is 0 Å². The van der Waals surface area contributed by atoms with Crippen LogP contribution in [0.1, 0.15) is 19.8 Å². The second-order valence-electron chi connectivity index (χ2n) is 7.52. The molecule has 1 unspecified atom stereocenters. The third-order valence-corrected chi connectivity index (χ3v) is 5.35. The standard InChI is InChI=1S/C20H24N6O2/c1-13-5-7-25(11-13)18-3-2-14(9-24-18)23-10-16-17(21)12-26(20(16)28)15-4-6-22-19(27)8-15/h2-4,6,9-10,13,15,21,23H,5,7-8,11-12H2,1H3,(H,22,27)/b16-10+,21-17?/t13-,15?/m0/s1. The zero-order valence-corrected chi connectivity index (χ0v) is 15.8. The molecule has 3 aliphatic heterocycles. The molecule has 0 aromatic carbocycles. The molecule has 0 radical (unpaired) electrons. The average molecular weight is 380 g/mol. The number of aromatic nitrogens is 1. The Morgan fingerprint density at radius 3 is 2.93 bits per heavy atom. The minimum absolute atomic E-state index is 0.000875. The SMILES string of the molecule is C[C@H]1CCN(c2ccc(N/C=C3\C(=N)CN(C4C=CN=C(O)C4)C3=O)cn2)C1. The summed E-state index contributed by atoms with van der Waals surface area (Å²) in [7, 11) is 0. The number of aliphatic hydroxyl groups excluding tert-OH is 1. The van der Waals surface area contributed by atoms with Crippen molar-refractivity contribution in [2.45, 2.75) is 25.8 Å². The quantitative estimate of drug-likeness (QED) is 0.696. The Balaban J connectivity index is 1.41. The highest BCUT2D eigenvalue weighted by atomic mass is 16.3. The first-order valence-corrected chi connectivity index (χ1v) is 9.50. The summed E-state index contributed by atoms with van der Waals surface area (Å²) in [4.78, 5) is 24.9. The van der Waals surface area contributed by atoms with E-state index in [1.807, 2.05) is 12.1 Å². The molecule has 2 fully saturated rings. The molecule has 4 heterocycles. The summed E-state index contributed by atoms with van der Waals surface area (Å²) in [5.74, 6) is 1.43. The van der Waals surface area contributed by atoms with Gasteiger partial charge in [0.25, 0.3) is 5.91 Å². The van der Waals surface area contributed by atoms with Gasteiger partial charge >= 0.3 is 0 Å². The summed E-state index contributed by atoms with van der Waals surface area (Å²) in [5.41, 5.74) is 1.35. The Morgan fingerprint density at radius 1 is 1.39 bits per heavy atom. The number of pyridine rings is 1. The molecule has 8 heteroatoms. The third kappa shape index (κ3) is 3.62. The van der Waals surface area contributed by atoms with Gasteiger partial charge in [-0.1, -0.05) is 6.92 Å². The Bertz CT molecular complexity index is 873. The normalized spacial score (nSPS) is 26.3. The van der Waals surface area contributed by atoms with Gasteiger partial charge in [-0.15, -0.1) is 0 Å². The number of rotatable bonds is 4. The number of carbonyl (C=O) groups excluding carboxylic acids is 1. The van der Waals surface area contributed by atoms with Gasteiger partial charge in [-0.2, -0.15) is 0 Å². The minimum atomic E-state index is -0.278. The first-order valence-electron chi connectivity index (χ1n) is 9.50. The lowest BCUT2D eigenvalue weighted by Crippen LogP contribution is -2.38. The summed E-state index contributed by atoms with van der Waals surface area (Å²) < 4.78 is 0. The Morgan fingerprint density at radius 2 is 2.25 bits per heavy atom. The zero-order valence-electron chi connectivity index (χ0n) is 15.8. The van der Waals surface area contributed by atoms with E-state index in [4.69, 9.17) is 5.41 Å². The molecule has 4 rings (SSSR count). The molecule has 1 aromatic heterocycles. The number of aliphatic hydroxyl groups is 1. The number of amides is 1. The summed E-state index contributed by atoms with van der Waals surface area (Å²) in [6.45, 7) is 4.53. The van der Waals surface area contributed by atoms with Crippen LogP contribution in [0.15, 0.2) is 47.4 Å². The van der Waals surface area contributed by atoms with Crippen molar-refractivity contribution in [3.8, 4) is 0 Å². The van der Waals surface area contributed by atoms with Crippen LogP contribution in [-0.2, 0) is 4.79 Å². The molecular formula is C20H24N6O2. The van der Waals surface area contributed by atoms with Crippen LogP contribution in [0, 0.1) is 11.3 Å². The van der Waals surface area contributed by atoms with Crippen LogP contribution in [-0.4, -0.2) is 58.2 Å². The van der Waals surface area contributed by atoms with Crippen LogP contribution in [0.5, 0.6) is 0 Å². The predicted octanol–water partition coefficient (Wildman–Crippen LogP) is 2.33. The highest BCUT2D eigenvalue weighted by Crippen LogP contribution is 2.24. The number of anilines is 2. The molecule has 0 saturated carbocycles. The van der Waals surface area contributed by atoms with E-state index >= 15 is 0 Å². The van der Waals surface area contributed by atoms with Gasteiger partial charge in [0.05, 0.1) is 35.8 Å². The van der Waals surface area contributed by atoms with E-state index in [2.05, 4.69) is 27.1 Å². The van der Waals surface area contributed by atoms with Gasteiger partial charge in [0.2, 0.25) is 0 Å². The van der Waals surface area contributed by atoms with Crippen LogP contribution in [0.3, 0.4) is 0 Å². The molecule has 0 bridgehead atoms. The van der Waals surface area contributed by atoms with E-state index in [9.17, 15) is 9.90 Å². The fourth-order valence-electron chi connectivity index (χ4n) is 3.74. The molecule has 28 heavy (non-hydrogen) atoms. The Hall–Kier alpha value is -3.16. The van der Waals surface area contributed by atoms with Crippen LogP contribution in [0.25, 0.3) is 0 Å². The van der Waals surface area contributed by atoms with Crippen molar-refractivity contribution in [2.75, 3.05) is 29.9 Å². The number of nitrogens with zero attached hydrogens (tertiary/aromatic N) is 4. The second-order valence-corrected chi connectivity index (χ2v) is 7.52. The van der Waals surface area contributed by atoms with E-state index in [1.54, 1.807) is 23.4 Å². The third-order valence-electron chi connectivity index (χ3n) is 5.35. The maximum absolute atomic E-state index is 12.7. The summed E-state index contributed by atoms with van der Waals surface area (Å²) in [6.07, 6.45) is 8.04. The van der Waals surface area contributed by atoms with E-state index in [-0.39, 0.29) is 36.5 Å². The molecule has 2 saturated heterocycles. The molecule has 1 aromatic rings. The zero-order chi connectivity index (χ0) is 19.7. The summed E-state index contributed by atoms with van der Waals surface area (Å²) in [5, 5.41) is 20.8. The van der Waals surface area contributed by atoms with E-state index in [0.717, 1.165) is 24.6 Å². The molecule has 0 spiro atoms. The topological polar surface area (TPSA) is 105 Å². The van der Waals surface area contributed by atoms with Gasteiger partial charge in [-0.3, -0.25) is 4.79 Å². The van der Waals surface area contributed by atoms with Gasteiger partial charge in [0, 0.05) is 31.9 Å².